The Morgan fingerprint density at radius 2 is 1.53 bits per heavy atom. The molecule has 5 N–H and O–H groups in total. The van der Waals surface area contributed by atoms with Crippen molar-refractivity contribution >= 4 is 72.9 Å². The Labute approximate surface area is 262 Å². The minimum Gasteiger partial charge on any atom is -0.325 e. The number of amides is 3. The molecule has 0 saturated carbocycles. The van der Waals surface area contributed by atoms with E-state index in [1.807, 2.05) is 24.3 Å². The molecule has 0 aliphatic carbocycles. The molecule has 0 heterocycles. The van der Waals surface area contributed by atoms with Gasteiger partial charge in [0.25, 0.3) is 11.8 Å². The first-order valence-corrected chi connectivity index (χ1v) is 16.1. The van der Waals surface area contributed by atoms with Crippen molar-refractivity contribution in [2.45, 2.75) is 22.0 Å². The number of carbonyl (C=O) groups excluding carboxylic acids is 3. The zero-order valence-corrected chi connectivity index (χ0v) is 26.0. The molecule has 0 bridgehead atoms. The lowest BCUT2D eigenvalue weighted by molar-refractivity contribution is -0.115. The number of carbonyl (C=O) groups is 3. The second kappa shape index (κ2) is 14.3. The lowest BCUT2D eigenvalue weighted by Crippen LogP contribution is -2.30. The molecule has 12 heteroatoms. The standard InChI is InChI=1S/C31H27BrN4O5S2/c1-20(29(37)34-24-13-15-27(16-14-24)43(33,40)41)42-26-12-6-11-25(19-26)35-31(39)28(18-21-7-5-10-23(32)17-21)36-30(38)22-8-3-2-4-9-22/h2-20H,1H3,(H,34,37)(H,35,39)(H,36,38)(H2,33,40,41)/b28-18+. The highest BCUT2D eigenvalue weighted by Gasteiger charge is 2.18. The van der Waals surface area contributed by atoms with Crippen LogP contribution in [0.1, 0.15) is 22.8 Å². The fourth-order valence-corrected chi connectivity index (χ4v) is 5.64. The highest BCUT2D eigenvalue weighted by molar-refractivity contribution is 9.10. The number of hydrogen-bond acceptors (Lipinski definition) is 6. The number of anilines is 2. The maximum absolute atomic E-state index is 13.4. The Morgan fingerprint density at radius 3 is 2.21 bits per heavy atom. The van der Waals surface area contributed by atoms with Crippen LogP contribution in [-0.4, -0.2) is 31.4 Å². The molecule has 0 aliphatic heterocycles. The van der Waals surface area contributed by atoms with Crippen LogP contribution >= 0.6 is 27.7 Å². The maximum atomic E-state index is 13.4. The van der Waals surface area contributed by atoms with Crippen LogP contribution in [0.3, 0.4) is 0 Å². The normalized spacial score (nSPS) is 12.2. The van der Waals surface area contributed by atoms with Crippen molar-refractivity contribution in [3.05, 3.63) is 124 Å². The summed E-state index contributed by atoms with van der Waals surface area (Å²) in [7, 11) is -3.83. The van der Waals surface area contributed by atoms with E-state index < -0.39 is 27.1 Å². The van der Waals surface area contributed by atoms with Gasteiger partial charge in [0.15, 0.2) is 0 Å². The summed E-state index contributed by atoms with van der Waals surface area (Å²) in [5, 5.41) is 12.9. The highest BCUT2D eigenvalue weighted by Crippen LogP contribution is 2.27. The average molecular weight is 680 g/mol. The van der Waals surface area contributed by atoms with Gasteiger partial charge in [-0.1, -0.05) is 52.3 Å². The number of nitrogens with one attached hydrogen (secondary N) is 3. The number of nitrogens with two attached hydrogens (primary N) is 1. The molecule has 0 saturated heterocycles. The SMILES string of the molecule is CC(Sc1cccc(NC(=O)/C(=C\c2cccc(Br)c2)NC(=O)c2ccccc2)c1)C(=O)Nc1ccc(S(N)(=O)=O)cc1. The minimum atomic E-state index is -3.83. The molecule has 0 radical (unpaired) electrons. The lowest BCUT2D eigenvalue weighted by atomic mass is 10.1. The first-order chi connectivity index (χ1) is 20.5. The Hall–Kier alpha value is -4.23. The molecule has 3 amide bonds. The van der Waals surface area contributed by atoms with E-state index >= 15 is 0 Å². The van der Waals surface area contributed by atoms with Gasteiger partial charge in [-0.3, -0.25) is 14.4 Å². The number of thioether (sulfide) groups is 1. The summed E-state index contributed by atoms with van der Waals surface area (Å²) >= 11 is 4.69. The maximum Gasteiger partial charge on any atom is 0.272 e. The third-order valence-corrected chi connectivity index (χ3v) is 8.43. The zero-order chi connectivity index (χ0) is 31.0. The van der Waals surface area contributed by atoms with Crippen molar-refractivity contribution in [3.8, 4) is 0 Å². The molecule has 0 aliphatic rings. The van der Waals surface area contributed by atoms with Gasteiger partial charge in [-0.2, -0.15) is 0 Å². The number of sulfonamides is 1. The lowest BCUT2D eigenvalue weighted by Gasteiger charge is -2.14. The molecule has 4 rings (SSSR count). The van der Waals surface area contributed by atoms with E-state index in [-0.39, 0.29) is 16.5 Å². The Bertz CT molecular complexity index is 1780. The van der Waals surface area contributed by atoms with Crippen LogP contribution in [0.5, 0.6) is 0 Å². The summed E-state index contributed by atoms with van der Waals surface area (Å²) in [5.41, 5.74) is 2.05. The van der Waals surface area contributed by atoms with Crippen molar-refractivity contribution in [1.82, 2.24) is 5.32 Å². The van der Waals surface area contributed by atoms with Crippen LogP contribution in [0.15, 0.2) is 123 Å². The minimum absolute atomic E-state index is 0.0474. The topological polar surface area (TPSA) is 147 Å². The van der Waals surface area contributed by atoms with E-state index in [0.717, 1.165) is 9.37 Å². The van der Waals surface area contributed by atoms with Crippen molar-refractivity contribution in [1.29, 1.82) is 0 Å². The number of rotatable bonds is 10. The molecule has 43 heavy (non-hydrogen) atoms. The third kappa shape index (κ3) is 9.38. The number of benzene rings is 4. The van der Waals surface area contributed by atoms with Crippen molar-refractivity contribution in [2.24, 2.45) is 5.14 Å². The summed E-state index contributed by atoms with van der Waals surface area (Å²) in [5.74, 6) is -1.26. The molecule has 0 aromatic heterocycles. The van der Waals surface area contributed by atoms with E-state index in [4.69, 9.17) is 5.14 Å². The van der Waals surface area contributed by atoms with Gasteiger partial charge >= 0.3 is 0 Å². The fraction of sp³-hybridized carbons (Fsp3) is 0.0645. The third-order valence-electron chi connectivity index (χ3n) is 5.91. The first-order valence-electron chi connectivity index (χ1n) is 12.8. The van der Waals surface area contributed by atoms with Crippen LogP contribution in [0, 0.1) is 0 Å². The predicted octanol–water partition coefficient (Wildman–Crippen LogP) is 5.63. The van der Waals surface area contributed by atoms with Crippen LogP contribution in [0.25, 0.3) is 6.08 Å². The van der Waals surface area contributed by atoms with Crippen LogP contribution in [0.2, 0.25) is 0 Å². The average Bonchev–Trinajstić information content (AvgIpc) is 2.97. The summed E-state index contributed by atoms with van der Waals surface area (Å²) in [6.45, 7) is 1.72. The Balaban J connectivity index is 1.46. The predicted molar refractivity (Wildman–Crippen MR) is 173 cm³/mol. The molecular formula is C31H27BrN4O5S2. The quantitative estimate of drug-likeness (QED) is 0.126. The summed E-state index contributed by atoms with van der Waals surface area (Å²) in [6, 6.07) is 28.4. The van der Waals surface area contributed by atoms with Gasteiger partial charge in [0.1, 0.15) is 5.70 Å². The summed E-state index contributed by atoms with van der Waals surface area (Å²) in [6.07, 6.45) is 1.58. The van der Waals surface area contributed by atoms with Gasteiger partial charge in [0.05, 0.1) is 10.1 Å². The van der Waals surface area contributed by atoms with E-state index in [1.165, 1.54) is 36.0 Å². The molecule has 9 nitrogen and oxygen atoms in total. The van der Waals surface area contributed by atoms with Crippen LogP contribution in [-0.2, 0) is 19.6 Å². The zero-order valence-electron chi connectivity index (χ0n) is 22.8. The van der Waals surface area contributed by atoms with E-state index in [2.05, 4.69) is 31.9 Å². The highest BCUT2D eigenvalue weighted by atomic mass is 79.9. The smallest absolute Gasteiger partial charge is 0.272 e. The fourth-order valence-electron chi connectivity index (χ4n) is 3.78. The van der Waals surface area contributed by atoms with E-state index in [1.54, 1.807) is 67.6 Å². The van der Waals surface area contributed by atoms with Crippen molar-refractivity contribution in [2.75, 3.05) is 10.6 Å². The van der Waals surface area contributed by atoms with Gasteiger partial charge in [-0.15, -0.1) is 11.8 Å². The van der Waals surface area contributed by atoms with Crippen molar-refractivity contribution in [3.63, 3.8) is 0 Å². The van der Waals surface area contributed by atoms with Gasteiger partial charge in [-0.25, -0.2) is 13.6 Å². The molecule has 4 aromatic carbocycles. The number of hydrogen-bond donors (Lipinski definition) is 4. The first kappa shape index (κ1) is 31.7. The monoisotopic (exact) mass is 678 g/mol. The molecule has 0 spiro atoms. The number of primary sulfonamides is 1. The van der Waals surface area contributed by atoms with Crippen molar-refractivity contribution < 1.29 is 22.8 Å². The Morgan fingerprint density at radius 1 is 0.837 bits per heavy atom. The second-order valence-corrected chi connectivity index (χ2v) is 13.1. The van der Waals surface area contributed by atoms with Gasteiger partial charge < -0.3 is 16.0 Å². The summed E-state index contributed by atoms with van der Waals surface area (Å²) < 4.78 is 23.7. The van der Waals surface area contributed by atoms with Crippen LogP contribution in [0.4, 0.5) is 11.4 Å². The molecule has 1 unspecified atom stereocenters. The molecule has 4 aromatic rings. The second-order valence-electron chi connectivity index (χ2n) is 9.23. The molecular weight excluding hydrogens is 652 g/mol. The van der Waals surface area contributed by atoms with Gasteiger partial charge in [-0.05, 0) is 85.3 Å². The van der Waals surface area contributed by atoms with E-state index in [0.29, 0.717) is 22.5 Å². The van der Waals surface area contributed by atoms with Gasteiger partial charge in [0.2, 0.25) is 15.9 Å². The molecule has 0 fully saturated rings. The molecule has 220 valence electrons. The van der Waals surface area contributed by atoms with Gasteiger partial charge in [0, 0.05) is 26.3 Å². The number of halogens is 1. The Kier molecular flexibility index (Phi) is 10.5. The largest absolute Gasteiger partial charge is 0.325 e. The van der Waals surface area contributed by atoms with E-state index in [9.17, 15) is 22.8 Å². The molecule has 1 atom stereocenters. The summed E-state index contributed by atoms with van der Waals surface area (Å²) in [4.78, 5) is 39.7. The van der Waals surface area contributed by atoms with Crippen LogP contribution < -0.4 is 21.1 Å².